The number of ether oxygens (including phenoxy) is 2. The standard InChI is InChI=1S/C26H24FNO3/c1-5-7-18(6-2)16-31-26(29)23-12-17(3)25(30-4)24-22(23)14-20(15-28-24)13-19-8-10-21(27)11-9-19/h5-12,14-15H,1-2,13,16H2,3-4H3/b18-7+. The topological polar surface area (TPSA) is 48.4 Å². The molecule has 1 heterocycles. The Labute approximate surface area is 181 Å². The molecule has 0 aliphatic rings. The van der Waals surface area contributed by atoms with E-state index >= 15 is 0 Å². The van der Waals surface area contributed by atoms with Gasteiger partial charge < -0.3 is 9.47 Å². The van der Waals surface area contributed by atoms with Gasteiger partial charge in [-0.1, -0.05) is 43.5 Å². The summed E-state index contributed by atoms with van der Waals surface area (Å²) in [5.41, 5.74) is 4.35. The summed E-state index contributed by atoms with van der Waals surface area (Å²) >= 11 is 0. The first-order valence-electron chi connectivity index (χ1n) is 9.78. The Hall–Kier alpha value is -3.73. The Morgan fingerprint density at radius 2 is 1.90 bits per heavy atom. The van der Waals surface area contributed by atoms with Gasteiger partial charge in [0.2, 0.25) is 0 Å². The first-order chi connectivity index (χ1) is 15.0. The lowest BCUT2D eigenvalue weighted by molar-refractivity contribution is 0.0545. The van der Waals surface area contributed by atoms with Crippen molar-refractivity contribution in [1.82, 2.24) is 4.98 Å². The first-order valence-corrected chi connectivity index (χ1v) is 9.78. The van der Waals surface area contributed by atoms with E-state index in [-0.39, 0.29) is 12.4 Å². The normalized spacial score (nSPS) is 11.3. The van der Waals surface area contributed by atoms with Crippen LogP contribution in [-0.4, -0.2) is 24.7 Å². The number of nitrogens with zero attached hydrogens (tertiary/aromatic N) is 1. The number of aromatic nitrogens is 1. The lowest BCUT2D eigenvalue weighted by atomic mass is 9.99. The molecule has 0 saturated carbocycles. The quantitative estimate of drug-likeness (QED) is 0.347. The second-order valence-electron chi connectivity index (χ2n) is 7.07. The van der Waals surface area contributed by atoms with Gasteiger partial charge in [-0.3, -0.25) is 4.98 Å². The summed E-state index contributed by atoms with van der Waals surface area (Å²) in [6.07, 6.45) is 7.26. The number of halogens is 1. The molecule has 0 amide bonds. The van der Waals surface area contributed by atoms with Gasteiger partial charge in [-0.15, -0.1) is 0 Å². The Bertz CT molecular complexity index is 1160. The van der Waals surface area contributed by atoms with Crippen LogP contribution in [0.3, 0.4) is 0 Å². The zero-order chi connectivity index (χ0) is 22.4. The number of carbonyl (C=O) groups is 1. The van der Waals surface area contributed by atoms with Crippen molar-refractivity contribution < 1.29 is 18.7 Å². The molecular formula is C26H24FNO3. The predicted molar refractivity (Wildman–Crippen MR) is 121 cm³/mol. The van der Waals surface area contributed by atoms with Crippen LogP contribution in [0, 0.1) is 12.7 Å². The molecular weight excluding hydrogens is 393 g/mol. The number of esters is 1. The zero-order valence-corrected chi connectivity index (χ0v) is 17.7. The number of allylic oxidation sites excluding steroid dienone is 2. The number of fused-ring (bicyclic) bond motifs is 1. The van der Waals surface area contributed by atoms with E-state index in [0.717, 1.165) is 22.3 Å². The van der Waals surface area contributed by atoms with Crippen molar-refractivity contribution in [2.24, 2.45) is 0 Å². The fourth-order valence-corrected chi connectivity index (χ4v) is 3.36. The smallest absolute Gasteiger partial charge is 0.339 e. The second kappa shape index (κ2) is 9.85. The van der Waals surface area contributed by atoms with E-state index in [1.54, 1.807) is 49.7 Å². The lowest BCUT2D eigenvalue weighted by Crippen LogP contribution is -2.09. The van der Waals surface area contributed by atoms with Gasteiger partial charge in [0, 0.05) is 11.6 Å². The first kappa shape index (κ1) is 22.0. The number of hydrogen-bond acceptors (Lipinski definition) is 4. The van der Waals surface area contributed by atoms with E-state index in [9.17, 15) is 9.18 Å². The molecule has 158 valence electrons. The highest BCUT2D eigenvalue weighted by Crippen LogP contribution is 2.32. The van der Waals surface area contributed by atoms with Crippen LogP contribution < -0.4 is 4.74 Å². The fraction of sp³-hybridized carbons (Fsp3) is 0.154. The highest BCUT2D eigenvalue weighted by molar-refractivity contribution is 6.06. The number of benzene rings is 2. The maximum absolute atomic E-state index is 13.2. The molecule has 3 aromatic rings. The van der Waals surface area contributed by atoms with E-state index in [0.29, 0.717) is 28.6 Å². The summed E-state index contributed by atoms with van der Waals surface area (Å²) in [6.45, 7) is 9.31. The van der Waals surface area contributed by atoms with Crippen molar-refractivity contribution >= 4 is 16.9 Å². The number of methoxy groups -OCH3 is 1. The van der Waals surface area contributed by atoms with Gasteiger partial charge in [0.25, 0.3) is 0 Å². The van der Waals surface area contributed by atoms with Crippen LogP contribution in [0.15, 0.2) is 79.6 Å². The van der Waals surface area contributed by atoms with Crippen LogP contribution in [0.1, 0.15) is 27.0 Å². The molecule has 0 atom stereocenters. The van der Waals surface area contributed by atoms with Crippen molar-refractivity contribution in [2.75, 3.05) is 13.7 Å². The fourth-order valence-electron chi connectivity index (χ4n) is 3.36. The molecule has 0 N–H and O–H groups in total. The molecule has 0 aliphatic heterocycles. The van der Waals surface area contributed by atoms with Gasteiger partial charge in [0.05, 0.1) is 12.7 Å². The molecule has 0 aliphatic carbocycles. The third kappa shape index (κ3) is 5.07. The molecule has 0 fully saturated rings. The molecule has 0 spiro atoms. The van der Waals surface area contributed by atoms with Crippen LogP contribution >= 0.6 is 0 Å². The van der Waals surface area contributed by atoms with E-state index in [2.05, 4.69) is 18.1 Å². The minimum Gasteiger partial charge on any atom is -0.494 e. The summed E-state index contributed by atoms with van der Waals surface area (Å²) in [7, 11) is 1.57. The average molecular weight is 417 g/mol. The predicted octanol–water partition coefficient (Wildman–Crippen LogP) is 5.74. The highest BCUT2D eigenvalue weighted by Gasteiger charge is 2.18. The van der Waals surface area contributed by atoms with E-state index < -0.39 is 5.97 Å². The summed E-state index contributed by atoms with van der Waals surface area (Å²) in [5.74, 6) is -0.137. The van der Waals surface area contributed by atoms with E-state index in [1.165, 1.54) is 12.1 Å². The molecule has 0 radical (unpaired) electrons. The monoisotopic (exact) mass is 417 g/mol. The number of rotatable bonds is 8. The molecule has 5 heteroatoms. The van der Waals surface area contributed by atoms with Gasteiger partial charge in [-0.25, -0.2) is 9.18 Å². The van der Waals surface area contributed by atoms with Crippen LogP contribution in [0.2, 0.25) is 0 Å². The number of hydrogen-bond donors (Lipinski definition) is 0. The van der Waals surface area contributed by atoms with Crippen molar-refractivity contribution in [2.45, 2.75) is 13.3 Å². The number of aryl methyl sites for hydroxylation is 1. The third-order valence-corrected chi connectivity index (χ3v) is 4.88. The highest BCUT2D eigenvalue weighted by atomic mass is 19.1. The Morgan fingerprint density at radius 1 is 1.16 bits per heavy atom. The number of carbonyl (C=O) groups excluding carboxylic acids is 1. The zero-order valence-electron chi connectivity index (χ0n) is 17.7. The Balaban J connectivity index is 2.01. The number of pyridine rings is 1. The lowest BCUT2D eigenvalue weighted by Gasteiger charge is -2.14. The SMILES string of the molecule is C=C/C=C(\C=C)COC(=O)c1cc(C)c(OC)c2ncc(Cc3ccc(F)cc3)cc12. The molecule has 0 bridgehead atoms. The van der Waals surface area contributed by atoms with Gasteiger partial charge in [0.15, 0.2) is 0 Å². The van der Waals surface area contributed by atoms with Gasteiger partial charge in [-0.2, -0.15) is 0 Å². The van der Waals surface area contributed by atoms with Gasteiger partial charge >= 0.3 is 5.97 Å². The molecule has 31 heavy (non-hydrogen) atoms. The Kier molecular flexibility index (Phi) is 6.98. The van der Waals surface area contributed by atoms with Crippen LogP contribution in [-0.2, 0) is 11.2 Å². The summed E-state index contributed by atoms with van der Waals surface area (Å²) < 4.78 is 24.2. The Morgan fingerprint density at radius 3 is 2.55 bits per heavy atom. The molecule has 1 aromatic heterocycles. The van der Waals surface area contributed by atoms with Gasteiger partial charge in [0.1, 0.15) is 23.7 Å². The molecule has 4 nitrogen and oxygen atoms in total. The van der Waals surface area contributed by atoms with Crippen molar-refractivity contribution in [3.8, 4) is 5.75 Å². The molecule has 0 unspecified atom stereocenters. The minimum absolute atomic E-state index is 0.0869. The van der Waals surface area contributed by atoms with E-state index in [1.807, 2.05) is 13.0 Å². The third-order valence-electron chi connectivity index (χ3n) is 4.88. The summed E-state index contributed by atoms with van der Waals surface area (Å²) in [4.78, 5) is 17.5. The molecule has 3 rings (SSSR count). The largest absolute Gasteiger partial charge is 0.494 e. The maximum atomic E-state index is 13.2. The van der Waals surface area contributed by atoms with Crippen LogP contribution in [0.5, 0.6) is 5.75 Å². The minimum atomic E-state index is -0.465. The van der Waals surface area contributed by atoms with Crippen LogP contribution in [0.4, 0.5) is 4.39 Å². The van der Waals surface area contributed by atoms with E-state index in [4.69, 9.17) is 9.47 Å². The summed E-state index contributed by atoms with van der Waals surface area (Å²) in [6, 6.07) is 9.95. The molecule has 0 saturated heterocycles. The van der Waals surface area contributed by atoms with Gasteiger partial charge in [-0.05, 0) is 59.9 Å². The van der Waals surface area contributed by atoms with Crippen molar-refractivity contribution in [3.05, 3.63) is 108 Å². The van der Waals surface area contributed by atoms with Crippen molar-refractivity contribution in [3.63, 3.8) is 0 Å². The van der Waals surface area contributed by atoms with Crippen molar-refractivity contribution in [1.29, 1.82) is 0 Å². The summed E-state index contributed by atoms with van der Waals surface area (Å²) in [5, 5.41) is 0.639. The van der Waals surface area contributed by atoms with Crippen LogP contribution in [0.25, 0.3) is 10.9 Å². The molecule has 2 aromatic carbocycles. The second-order valence-corrected chi connectivity index (χ2v) is 7.07. The maximum Gasteiger partial charge on any atom is 0.339 e. The average Bonchev–Trinajstić information content (AvgIpc) is 2.77.